The summed E-state index contributed by atoms with van der Waals surface area (Å²) in [4.78, 5) is 12.2. The Bertz CT molecular complexity index is 1090. The summed E-state index contributed by atoms with van der Waals surface area (Å²) in [5.41, 5.74) is 2.95. The van der Waals surface area contributed by atoms with Gasteiger partial charge in [-0.15, -0.1) is 6.42 Å². The van der Waals surface area contributed by atoms with Gasteiger partial charge in [-0.3, -0.25) is 10.7 Å². The highest BCUT2D eigenvalue weighted by molar-refractivity contribution is 9.10. The SMILES string of the molecule is C#Cc1cccc(NC(=O)Nc2nonc2C(=N)Nc2ccc(C)c(Br)c2)c1. The minimum Gasteiger partial charge on any atom is -0.339 e. The molecule has 0 saturated heterocycles. The molecule has 3 aromatic rings. The fraction of sp³-hybridized carbons (Fsp3) is 0.0526. The van der Waals surface area contributed by atoms with E-state index in [1.165, 1.54) is 0 Å². The maximum atomic E-state index is 12.2. The number of rotatable bonds is 4. The highest BCUT2D eigenvalue weighted by Gasteiger charge is 2.18. The number of aromatic nitrogens is 2. The van der Waals surface area contributed by atoms with E-state index in [1.807, 2.05) is 25.1 Å². The zero-order chi connectivity index (χ0) is 20.1. The van der Waals surface area contributed by atoms with Gasteiger partial charge < -0.3 is 10.6 Å². The van der Waals surface area contributed by atoms with Gasteiger partial charge in [0.2, 0.25) is 5.82 Å². The highest BCUT2D eigenvalue weighted by atomic mass is 79.9. The van der Waals surface area contributed by atoms with Crippen molar-refractivity contribution in [3.05, 3.63) is 63.8 Å². The van der Waals surface area contributed by atoms with Crippen LogP contribution in [0.2, 0.25) is 0 Å². The van der Waals surface area contributed by atoms with Crippen LogP contribution in [0.1, 0.15) is 16.8 Å². The largest absolute Gasteiger partial charge is 0.339 e. The van der Waals surface area contributed by atoms with Gasteiger partial charge in [0.25, 0.3) is 0 Å². The average molecular weight is 439 g/mol. The molecule has 2 amide bonds. The Morgan fingerprint density at radius 3 is 2.68 bits per heavy atom. The molecular formula is C19H15BrN6O2. The van der Waals surface area contributed by atoms with Gasteiger partial charge in [0.1, 0.15) is 0 Å². The minimum absolute atomic E-state index is 0.00859. The average Bonchev–Trinajstić information content (AvgIpc) is 3.13. The monoisotopic (exact) mass is 438 g/mol. The van der Waals surface area contributed by atoms with E-state index in [-0.39, 0.29) is 17.3 Å². The first kappa shape index (κ1) is 19.1. The van der Waals surface area contributed by atoms with Crippen molar-refractivity contribution in [1.82, 2.24) is 10.3 Å². The lowest BCUT2D eigenvalue weighted by Crippen LogP contribution is -2.22. The third-order valence-corrected chi connectivity index (χ3v) is 4.54. The summed E-state index contributed by atoms with van der Waals surface area (Å²) in [5, 5.41) is 23.5. The molecule has 0 aliphatic carbocycles. The summed E-state index contributed by atoms with van der Waals surface area (Å²) in [6.07, 6.45) is 5.35. The minimum atomic E-state index is -0.572. The molecule has 0 unspecified atom stereocenters. The Hall–Kier alpha value is -3.64. The van der Waals surface area contributed by atoms with Crippen LogP contribution in [0.3, 0.4) is 0 Å². The lowest BCUT2D eigenvalue weighted by atomic mass is 10.2. The smallest absolute Gasteiger partial charge is 0.325 e. The van der Waals surface area contributed by atoms with Crippen LogP contribution in [-0.4, -0.2) is 22.2 Å². The van der Waals surface area contributed by atoms with Crippen LogP contribution in [0.15, 0.2) is 51.6 Å². The van der Waals surface area contributed by atoms with Gasteiger partial charge in [-0.1, -0.05) is 34.0 Å². The Balaban J connectivity index is 1.68. The number of hydrogen-bond donors (Lipinski definition) is 4. The maximum Gasteiger partial charge on any atom is 0.325 e. The van der Waals surface area contributed by atoms with E-state index in [4.69, 9.17) is 11.8 Å². The number of nitrogens with zero attached hydrogens (tertiary/aromatic N) is 2. The Labute approximate surface area is 169 Å². The number of nitrogens with one attached hydrogen (secondary N) is 4. The van der Waals surface area contributed by atoms with Crippen LogP contribution in [0, 0.1) is 24.7 Å². The number of anilines is 3. The van der Waals surface area contributed by atoms with Crippen LogP contribution < -0.4 is 16.0 Å². The van der Waals surface area contributed by atoms with Gasteiger partial charge in [0.15, 0.2) is 11.5 Å². The highest BCUT2D eigenvalue weighted by Crippen LogP contribution is 2.21. The lowest BCUT2D eigenvalue weighted by Gasteiger charge is -2.09. The van der Waals surface area contributed by atoms with Crippen molar-refractivity contribution in [3.63, 3.8) is 0 Å². The van der Waals surface area contributed by atoms with Gasteiger partial charge in [-0.2, -0.15) is 0 Å². The molecule has 1 heterocycles. The van der Waals surface area contributed by atoms with E-state index in [0.29, 0.717) is 16.9 Å². The van der Waals surface area contributed by atoms with Crippen LogP contribution in [0.5, 0.6) is 0 Å². The van der Waals surface area contributed by atoms with Gasteiger partial charge >= 0.3 is 6.03 Å². The zero-order valence-corrected chi connectivity index (χ0v) is 16.3. The first-order valence-electron chi connectivity index (χ1n) is 8.05. The number of amidine groups is 1. The Morgan fingerprint density at radius 2 is 1.93 bits per heavy atom. The fourth-order valence-corrected chi connectivity index (χ4v) is 2.64. The number of halogens is 1. The van der Waals surface area contributed by atoms with E-state index < -0.39 is 6.03 Å². The summed E-state index contributed by atoms with van der Waals surface area (Å²) in [5.74, 6) is 2.42. The molecule has 4 N–H and O–H groups in total. The predicted molar refractivity (Wildman–Crippen MR) is 111 cm³/mol. The lowest BCUT2D eigenvalue weighted by molar-refractivity contribution is 0.261. The maximum absolute atomic E-state index is 12.2. The number of carbonyl (C=O) groups excluding carboxylic acids is 1. The van der Waals surface area contributed by atoms with E-state index in [2.05, 4.69) is 52.7 Å². The summed E-state index contributed by atoms with van der Waals surface area (Å²) >= 11 is 3.44. The molecule has 0 radical (unpaired) electrons. The molecule has 8 nitrogen and oxygen atoms in total. The third-order valence-electron chi connectivity index (χ3n) is 3.69. The van der Waals surface area contributed by atoms with Gasteiger partial charge in [0.05, 0.1) is 0 Å². The second-order valence-corrected chi connectivity index (χ2v) is 6.58. The quantitative estimate of drug-likeness (QED) is 0.276. The first-order chi connectivity index (χ1) is 13.5. The van der Waals surface area contributed by atoms with Crippen molar-refractivity contribution in [3.8, 4) is 12.3 Å². The first-order valence-corrected chi connectivity index (χ1v) is 8.85. The standard InChI is InChI=1S/C19H15BrN6O2/c1-3-12-5-4-6-13(9-12)23-19(27)24-18-16(25-28-26-18)17(21)22-14-8-7-11(2)15(20)10-14/h1,4-10H,2H3,(H2,21,22)(H2,23,24,26,27). The molecule has 3 rings (SSSR count). The molecular weight excluding hydrogens is 424 g/mol. The number of hydrogen-bond acceptors (Lipinski definition) is 5. The predicted octanol–water partition coefficient (Wildman–Crippen LogP) is 4.20. The van der Waals surface area contributed by atoms with Crippen molar-refractivity contribution in [1.29, 1.82) is 5.41 Å². The number of aryl methyl sites for hydroxylation is 1. The Kier molecular flexibility index (Phi) is 5.72. The topological polar surface area (TPSA) is 116 Å². The van der Waals surface area contributed by atoms with E-state index in [0.717, 1.165) is 10.0 Å². The Morgan fingerprint density at radius 1 is 1.14 bits per heavy atom. The molecule has 0 spiro atoms. The van der Waals surface area contributed by atoms with Crippen molar-refractivity contribution in [2.24, 2.45) is 0 Å². The molecule has 0 bridgehead atoms. The molecule has 0 fully saturated rings. The van der Waals surface area contributed by atoms with Crippen LogP contribution in [-0.2, 0) is 0 Å². The zero-order valence-electron chi connectivity index (χ0n) is 14.7. The van der Waals surface area contributed by atoms with Gasteiger partial charge in [-0.05, 0) is 53.1 Å². The van der Waals surface area contributed by atoms with Crippen molar-refractivity contribution >= 4 is 45.0 Å². The molecule has 2 aromatic carbocycles. The van der Waals surface area contributed by atoms with Crippen molar-refractivity contribution < 1.29 is 9.42 Å². The van der Waals surface area contributed by atoms with E-state index >= 15 is 0 Å². The number of amides is 2. The van der Waals surface area contributed by atoms with Gasteiger partial charge in [0, 0.05) is 21.4 Å². The molecule has 140 valence electrons. The molecule has 0 atom stereocenters. The number of carbonyl (C=O) groups is 1. The van der Waals surface area contributed by atoms with E-state index in [1.54, 1.807) is 24.3 Å². The van der Waals surface area contributed by atoms with Crippen molar-refractivity contribution in [2.45, 2.75) is 6.92 Å². The van der Waals surface area contributed by atoms with Crippen molar-refractivity contribution in [2.75, 3.05) is 16.0 Å². The molecule has 1 aromatic heterocycles. The summed E-state index contributed by atoms with van der Waals surface area (Å²) in [6, 6.07) is 11.8. The third kappa shape index (κ3) is 4.55. The van der Waals surface area contributed by atoms with Gasteiger partial charge in [-0.25, -0.2) is 9.42 Å². The fourth-order valence-electron chi connectivity index (χ4n) is 2.27. The molecule has 0 saturated carbocycles. The number of urea groups is 1. The van der Waals surface area contributed by atoms with Crippen LogP contribution in [0.25, 0.3) is 0 Å². The molecule has 9 heteroatoms. The van der Waals surface area contributed by atoms with E-state index in [9.17, 15) is 4.79 Å². The summed E-state index contributed by atoms with van der Waals surface area (Å²) in [6.45, 7) is 1.96. The summed E-state index contributed by atoms with van der Waals surface area (Å²) < 4.78 is 5.57. The van der Waals surface area contributed by atoms with Crippen LogP contribution in [0.4, 0.5) is 22.0 Å². The normalized spacial score (nSPS) is 10.0. The number of terminal acetylenes is 1. The number of benzene rings is 2. The molecule has 0 aliphatic heterocycles. The second kappa shape index (κ2) is 8.37. The summed E-state index contributed by atoms with van der Waals surface area (Å²) in [7, 11) is 0. The van der Waals surface area contributed by atoms with Crippen LogP contribution >= 0.6 is 15.9 Å². The molecule has 28 heavy (non-hydrogen) atoms. The second-order valence-electron chi connectivity index (χ2n) is 5.73. The molecule has 0 aliphatic rings.